The van der Waals surface area contributed by atoms with Crippen molar-refractivity contribution in [2.45, 2.75) is 6.54 Å². The summed E-state index contributed by atoms with van der Waals surface area (Å²) in [4.78, 5) is 12.2. The third-order valence-corrected chi connectivity index (χ3v) is 4.61. The van der Waals surface area contributed by atoms with Gasteiger partial charge in [0.05, 0.1) is 21.7 Å². The van der Waals surface area contributed by atoms with E-state index in [1.807, 2.05) is 24.3 Å². The van der Waals surface area contributed by atoms with Crippen molar-refractivity contribution in [2.75, 3.05) is 5.32 Å². The van der Waals surface area contributed by atoms with Crippen molar-refractivity contribution in [1.82, 2.24) is 20.0 Å². The molecule has 6 nitrogen and oxygen atoms in total. The molecule has 0 atom stereocenters. The molecule has 0 saturated carbocycles. The fraction of sp³-hybridized carbons (Fsp3) is 0.0714. The number of aromatic nitrogens is 4. The molecule has 1 amide bonds. The Balaban J connectivity index is 1.78. The van der Waals surface area contributed by atoms with Gasteiger partial charge in [-0.25, -0.2) is 0 Å². The first-order chi connectivity index (χ1) is 11.0. The molecule has 3 aromatic rings. The molecule has 2 aromatic heterocycles. The lowest BCUT2D eigenvalue weighted by Gasteiger charge is -2.04. The number of H-pyrrole nitrogens is 1. The number of nitrogens with zero attached hydrogens (tertiary/aromatic N) is 3. The topological polar surface area (TPSA) is 75.6 Å². The van der Waals surface area contributed by atoms with Gasteiger partial charge in [-0.1, -0.05) is 29.8 Å². The molecule has 0 aliphatic carbocycles. The molecule has 0 spiro atoms. The molecular formula is C14H10Br2ClN5O. The van der Waals surface area contributed by atoms with Crippen molar-refractivity contribution in [3.8, 4) is 0 Å². The van der Waals surface area contributed by atoms with Gasteiger partial charge in [-0.2, -0.15) is 10.2 Å². The van der Waals surface area contributed by atoms with Crippen LogP contribution in [0.5, 0.6) is 0 Å². The van der Waals surface area contributed by atoms with Crippen LogP contribution in [-0.4, -0.2) is 25.9 Å². The van der Waals surface area contributed by atoms with Gasteiger partial charge in [-0.15, -0.1) is 0 Å². The average molecular weight is 460 g/mol. The van der Waals surface area contributed by atoms with Gasteiger partial charge >= 0.3 is 0 Å². The summed E-state index contributed by atoms with van der Waals surface area (Å²) in [6.07, 6.45) is 3.29. The minimum atomic E-state index is -0.335. The van der Waals surface area contributed by atoms with Gasteiger partial charge in [0, 0.05) is 11.2 Å². The maximum Gasteiger partial charge on any atom is 0.276 e. The van der Waals surface area contributed by atoms with Gasteiger partial charge in [-0.05, 0) is 43.5 Å². The number of nitrogens with one attached hydrogen (secondary N) is 2. The molecule has 0 radical (unpaired) electrons. The number of hydrogen-bond acceptors (Lipinski definition) is 3. The monoisotopic (exact) mass is 457 g/mol. The minimum absolute atomic E-state index is 0.331. The minimum Gasteiger partial charge on any atom is -0.303 e. The van der Waals surface area contributed by atoms with E-state index in [2.05, 4.69) is 52.5 Å². The molecule has 2 heterocycles. The summed E-state index contributed by atoms with van der Waals surface area (Å²) < 4.78 is 2.96. The van der Waals surface area contributed by atoms with E-state index in [9.17, 15) is 4.79 Å². The van der Waals surface area contributed by atoms with Crippen LogP contribution in [0, 0.1) is 0 Å². The summed E-state index contributed by atoms with van der Waals surface area (Å²) in [6.45, 7) is 0.502. The van der Waals surface area contributed by atoms with Crippen LogP contribution < -0.4 is 5.32 Å². The molecule has 23 heavy (non-hydrogen) atoms. The van der Waals surface area contributed by atoms with Crippen molar-refractivity contribution in [1.29, 1.82) is 0 Å². The zero-order valence-electron chi connectivity index (χ0n) is 11.6. The van der Waals surface area contributed by atoms with Gasteiger partial charge in [-0.3, -0.25) is 14.6 Å². The lowest BCUT2D eigenvalue weighted by molar-refractivity contribution is 0.102. The highest BCUT2D eigenvalue weighted by Crippen LogP contribution is 2.23. The van der Waals surface area contributed by atoms with Gasteiger partial charge in [0.15, 0.2) is 5.82 Å². The highest BCUT2D eigenvalue weighted by molar-refractivity contribution is 9.11. The summed E-state index contributed by atoms with van der Waals surface area (Å²) in [6, 6.07) is 7.54. The third-order valence-electron chi connectivity index (χ3n) is 3.06. The van der Waals surface area contributed by atoms with Crippen LogP contribution in [0.3, 0.4) is 0 Å². The standard InChI is InChI=1S/C14H10Br2ClN5O/c15-9-5-18-20-12(9)14(23)19-13-10(16)7-22(21-13)6-8-3-1-2-4-11(8)17/h1-5,7H,6H2,(H,18,20)(H,19,21,23). The normalized spacial score (nSPS) is 10.7. The van der Waals surface area contributed by atoms with E-state index in [1.165, 1.54) is 6.20 Å². The molecule has 0 unspecified atom stereocenters. The van der Waals surface area contributed by atoms with Crippen molar-refractivity contribution in [3.63, 3.8) is 0 Å². The zero-order valence-corrected chi connectivity index (χ0v) is 15.5. The Morgan fingerprint density at radius 3 is 2.78 bits per heavy atom. The van der Waals surface area contributed by atoms with Crippen molar-refractivity contribution in [3.05, 3.63) is 61.9 Å². The number of rotatable bonds is 4. The number of carbonyl (C=O) groups is 1. The highest BCUT2D eigenvalue weighted by atomic mass is 79.9. The van der Waals surface area contributed by atoms with Crippen LogP contribution in [0.15, 0.2) is 45.6 Å². The molecule has 1 aromatic carbocycles. The Bertz CT molecular complexity index is 860. The van der Waals surface area contributed by atoms with Gasteiger partial charge in [0.1, 0.15) is 5.69 Å². The maximum atomic E-state index is 12.2. The second-order valence-electron chi connectivity index (χ2n) is 4.66. The van der Waals surface area contributed by atoms with Crippen LogP contribution in [0.25, 0.3) is 0 Å². The van der Waals surface area contributed by atoms with Crippen LogP contribution in [0.2, 0.25) is 5.02 Å². The molecule has 0 aliphatic heterocycles. The fourth-order valence-electron chi connectivity index (χ4n) is 1.96. The maximum absolute atomic E-state index is 12.2. The van der Waals surface area contributed by atoms with Crippen LogP contribution in [-0.2, 0) is 6.54 Å². The summed E-state index contributed by atoms with van der Waals surface area (Å²) >= 11 is 12.8. The number of benzene rings is 1. The van der Waals surface area contributed by atoms with Crippen molar-refractivity contribution in [2.24, 2.45) is 0 Å². The lowest BCUT2D eigenvalue weighted by Crippen LogP contribution is -2.14. The van der Waals surface area contributed by atoms with E-state index in [0.29, 0.717) is 32.0 Å². The second-order valence-corrected chi connectivity index (χ2v) is 6.78. The third kappa shape index (κ3) is 3.65. The second kappa shape index (κ2) is 6.86. The molecule has 0 saturated heterocycles. The Labute approximate surface area is 153 Å². The number of amides is 1. The molecule has 0 fully saturated rings. The summed E-state index contributed by atoms with van der Waals surface area (Å²) in [5, 5.41) is 14.2. The van der Waals surface area contributed by atoms with Crippen LogP contribution in [0.4, 0.5) is 5.82 Å². The van der Waals surface area contributed by atoms with E-state index < -0.39 is 0 Å². The molecule has 2 N–H and O–H groups in total. The SMILES string of the molecule is O=C(Nc1nn(Cc2ccccc2Cl)cc1Br)c1[nH]ncc1Br. The number of anilines is 1. The number of halogens is 3. The summed E-state index contributed by atoms with van der Waals surface area (Å²) in [7, 11) is 0. The Morgan fingerprint density at radius 2 is 2.09 bits per heavy atom. The van der Waals surface area contributed by atoms with Gasteiger partial charge in [0.25, 0.3) is 5.91 Å². The first-order valence-corrected chi connectivity index (χ1v) is 8.47. The predicted octanol–water partition coefficient (Wildman–Crippen LogP) is 4.09. The number of carbonyl (C=O) groups excluding carboxylic acids is 1. The van der Waals surface area contributed by atoms with Crippen LogP contribution in [0.1, 0.15) is 16.1 Å². The van der Waals surface area contributed by atoms with Crippen molar-refractivity contribution < 1.29 is 4.79 Å². The van der Waals surface area contributed by atoms with Gasteiger partial charge < -0.3 is 5.32 Å². The van der Waals surface area contributed by atoms with E-state index in [0.717, 1.165) is 5.56 Å². The van der Waals surface area contributed by atoms with E-state index >= 15 is 0 Å². The largest absolute Gasteiger partial charge is 0.303 e. The van der Waals surface area contributed by atoms with Crippen LogP contribution >= 0.6 is 43.5 Å². The molecule has 0 aliphatic rings. The van der Waals surface area contributed by atoms with Crippen molar-refractivity contribution >= 4 is 55.2 Å². The van der Waals surface area contributed by atoms with E-state index in [-0.39, 0.29) is 5.91 Å². The quantitative estimate of drug-likeness (QED) is 0.617. The van der Waals surface area contributed by atoms with Gasteiger partial charge in [0.2, 0.25) is 0 Å². The first-order valence-electron chi connectivity index (χ1n) is 6.51. The Kier molecular flexibility index (Phi) is 4.84. The molecule has 9 heteroatoms. The lowest BCUT2D eigenvalue weighted by atomic mass is 10.2. The molecule has 0 bridgehead atoms. The summed E-state index contributed by atoms with van der Waals surface area (Å²) in [5.41, 5.74) is 1.27. The first kappa shape index (κ1) is 16.2. The van der Waals surface area contributed by atoms with E-state index in [4.69, 9.17) is 11.6 Å². The molecular weight excluding hydrogens is 449 g/mol. The van der Waals surface area contributed by atoms with E-state index in [1.54, 1.807) is 10.9 Å². The summed E-state index contributed by atoms with van der Waals surface area (Å²) in [5.74, 6) is 0.0848. The fourth-order valence-corrected chi connectivity index (χ4v) is 2.95. The number of hydrogen-bond donors (Lipinski definition) is 2. The Morgan fingerprint density at radius 1 is 1.30 bits per heavy atom. The Hall–Kier alpha value is -1.64. The smallest absolute Gasteiger partial charge is 0.276 e. The number of aromatic amines is 1. The average Bonchev–Trinajstić information content (AvgIpc) is 3.08. The highest BCUT2D eigenvalue weighted by Gasteiger charge is 2.16. The molecule has 3 rings (SSSR count). The predicted molar refractivity (Wildman–Crippen MR) is 94.7 cm³/mol. The zero-order chi connectivity index (χ0) is 16.4. The molecule has 118 valence electrons.